The third kappa shape index (κ3) is 6.00. The van der Waals surface area contributed by atoms with Gasteiger partial charge in [-0.2, -0.15) is 0 Å². The van der Waals surface area contributed by atoms with Crippen molar-refractivity contribution in [2.75, 3.05) is 19.0 Å². The first-order chi connectivity index (χ1) is 15.3. The number of methoxy groups -OCH3 is 1. The molecule has 0 atom stereocenters. The lowest BCUT2D eigenvalue weighted by molar-refractivity contribution is -0.137. The Balaban J connectivity index is 1.55. The van der Waals surface area contributed by atoms with E-state index in [-0.39, 0.29) is 5.75 Å². The van der Waals surface area contributed by atoms with Crippen LogP contribution >= 0.6 is 0 Å². The maximum atomic E-state index is 12.4. The summed E-state index contributed by atoms with van der Waals surface area (Å²) in [7, 11) is 1.49. The fraction of sp³-hybridized carbons (Fsp3) is 0.261. The SMILES string of the molecule is COc1cc(NC(=O)C(=O)NC(C)(C)CCOc2cccc(O)c2)ccc1-c1cnco1. The van der Waals surface area contributed by atoms with Gasteiger partial charge < -0.3 is 29.6 Å². The summed E-state index contributed by atoms with van der Waals surface area (Å²) in [6, 6.07) is 11.4. The van der Waals surface area contributed by atoms with Crippen LogP contribution in [-0.4, -0.2) is 41.2 Å². The number of nitrogens with one attached hydrogen (secondary N) is 2. The number of rotatable bonds is 8. The standard InChI is InChI=1S/C23H25N3O6/c1-23(2,9-10-31-17-6-4-5-16(27)12-17)26-22(29)21(28)25-15-7-8-18(19(11-15)30-3)20-13-24-14-32-20/h4-8,11-14,27H,9-10H2,1-3H3,(H,25,28)(H,26,29). The van der Waals surface area contributed by atoms with Crippen LogP contribution in [0.1, 0.15) is 20.3 Å². The molecule has 0 spiro atoms. The predicted molar refractivity (Wildman–Crippen MR) is 118 cm³/mol. The molecule has 0 unspecified atom stereocenters. The lowest BCUT2D eigenvalue weighted by atomic mass is 10.0. The molecular formula is C23H25N3O6. The molecular weight excluding hydrogens is 414 g/mol. The summed E-state index contributed by atoms with van der Waals surface area (Å²) < 4.78 is 16.2. The second-order valence-corrected chi connectivity index (χ2v) is 7.67. The first kappa shape index (κ1) is 22.7. The number of ether oxygens (including phenoxy) is 2. The lowest BCUT2D eigenvalue weighted by Crippen LogP contribution is -2.48. The van der Waals surface area contributed by atoms with E-state index in [4.69, 9.17) is 13.9 Å². The minimum atomic E-state index is -0.804. The van der Waals surface area contributed by atoms with Crippen molar-refractivity contribution in [2.45, 2.75) is 25.8 Å². The van der Waals surface area contributed by atoms with Crippen LogP contribution in [0.25, 0.3) is 11.3 Å². The van der Waals surface area contributed by atoms with Gasteiger partial charge in [-0.3, -0.25) is 9.59 Å². The van der Waals surface area contributed by atoms with Crippen molar-refractivity contribution in [1.82, 2.24) is 10.3 Å². The third-order valence-electron chi connectivity index (χ3n) is 4.63. The number of amides is 2. The summed E-state index contributed by atoms with van der Waals surface area (Å²) in [6.07, 6.45) is 3.31. The van der Waals surface area contributed by atoms with Gasteiger partial charge in [0.2, 0.25) is 0 Å². The maximum absolute atomic E-state index is 12.4. The Morgan fingerprint density at radius 3 is 2.66 bits per heavy atom. The molecule has 9 heteroatoms. The molecule has 9 nitrogen and oxygen atoms in total. The number of phenols is 1. The number of carbonyl (C=O) groups excluding carboxylic acids is 2. The maximum Gasteiger partial charge on any atom is 0.313 e. The van der Waals surface area contributed by atoms with Crippen molar-refractivity contribution in [3.8, 4) is 28.6 Å². The monoisotopic (exact) mass is 439 g/mol. The number of phenolic OH excluding ortho intramolecular Hbond substituents is 1. The van der Waals surface area contributed by atoms with Gasteiger partial charge in [-0.1, -0.05) is 6.07 Å². The van der Waals surface area contributed by atoms with Gasteiger partial charge in [-0.25, -0.2) is 4.98 Å². The van der Waals surface area contributed by atoms with Crippen LogP contribution in [0.5, 0.6) is 17.2 Å². The van der Waals surface area contributed by atoms with Crippen molar-refractivity contribution in [3.63, 3.8) is 0 Å². The molecule has 3 rings (SSSR count). The van der Waals surface area contributed by atoms with Gasteiger partial charge in [0.15, 0.2) is 12.2 Å². The van der Waals surface area contributed by atoms with E-state index >= 15 is 0 Å². The second kappa shape index (κ2) is 9.86. The predicted octanol–water partition coefficient (Wildman–Crippen LogP) is 3.36. The Labute approximate surface area is 185 Å². The number of carbonyl (C=O) groups is 2. The highest BCUT2D eigenvalue weighted by molar-refractivity contribution is 6.39. The largest absolute Gasteiger partial charge is 0.508 e. The molecule has 0 aliphatic carbocycles. The molecule has 0 saturated heterocycles. The average Bonchev–Trinajstić information content (AvgIpc) is 3.28. The molecule has 0 aliphatic rings. The molecule has 1 heterocycles. The summed E-state index contributed by atoms with van der Waals surface area (Å²) in [5.74, 6) is 0.0356. The van der Waals surface area contributed by atoms with E-state index in [1.165, 1.54) is 19.6 Å². The average molecular weight is 439 g/mol. The van der Waals surface area contributed by atoms with Crippen LogP contribution in [-0.2, 0) is 9.59 Å². The molecule has 2 aromatic carbocycles. The topological polar surface area (TPSA) is 123 Å². The summed E-state index contributed by atoms with van der Waals surface area (Å²) in [4.78, 5) is 28.7. The number of hydrogen-bond acceptors (Lipinski definition) is 7. The molecule has 0 aliphatic heterocycles. The van der Waals surface area contributed by atoms with E-state index in [0.29, 0.717) is 41.5 Å². The van der Waals surface area contributed by atoms with Crippen molar-refractivity contribution in [3.05, 3.63) is 55.1 Å². The fourth-order valence-electron chi connectivity index (χ4n) is 2.93. The molecule has 0 saturated carbocycles. The summed E-state index contributed by atoms with van der Waals surface area (Å²) in [5, 5.41) is 14.7. The van der Waals surface area contributed by atoms with Crippen molar-refractivity contribution >= 4 is 17.5 Å². The van der Waals surface area contributed by atoms with E-state index in [2.05, 4.69) is 15.6 Å². The van der Waals surface area contributed by atoms with Gasteiger partial charge in [0.1, 0.15) is 17.2 Å². The zero-order chi connectivity index (χ0) is 23.1. The zero-order valence-corrected chi connectivity index (χ0v) is 18.0. The smallest absolute Gasteiger partial charge is 0.313 e. The van der Waals surface area contributed by atoms with Crippen molar-refractivity contribution in [2.24, 2.45) is 0 Å². The lowest BCUT2D eigenvalue weighted by Gasteiger charge is -2.26. The van der Waals surface area contributed by atoms with Crippen LogP contribution in [0.2, 0.25) is 0 Å². The van der Waals surface area contributed by atoms with E-state index < -0.39 is 17.4 Å². The molecule has 3 N–H and O–H groups in total. The Morgan fingerprint density at radius 1 is 1.16 bits per heavy atom. The van der Waals surface area contributed by atoms with Gasteiger partial charge in [-0.15, -0.1) is 0 Å². The fourth-order valence-corrected chi connectivity index (χ4v) is 2.93. The normalized spacial score (nSPS) is 11.0. The highest BCUT2D eigenvalue weighted by Gasteiger charge is 2.25. The van der Waals surface area contributed by atoms with Crippen LogP contribution < -0.4 is 20.1 Å². The van der Waals surface area contributed by atoms with Gasteiger partial charge in [0, 0.05) is 29.8 Å². The van der Waals surface area contributed by atoms with E-state index in [1.54, 1.807) is 56.4 Å². The minimum Gasteiger partial charge on any atom is -0.508 e. The Morgan fingerprint density at radius 2 is 1.97 bits per heavy atom. The molecule has 1 aromatic heterocycles. The highest BCUT2D eigenvalue weighted by atomic mass is 16.5. The van der Waals surface area contributed by atoms with Crippen LogP contribution in [0.3, 0.4) is 0 Å². The molecule has 0 fully saturated rings. The van der Waals surface area contributed by atoms with E-state index in [1.807, 2.05) is 0 Å². The number of oxazole rings is 1. The molecule has 32 heavy (non-hydrogen) atoms. The molecule has 2 amide bonds. The number of aromatic hydroxyl groups is 1. The zero-order valence-electron chi connectivity index (χ0n) is 18.0. The van der Waals surface area contributed by atoms with Crippen molar-refractivity contribution < 1.29 is 28.6 Å². The van der Waals surface area contributed by atoms with E-state index in [9.17, 15) is 14.7 Å². The van der Waals surface area contributed by atoms with Crippen molar-refractivity contribution in [1.29, 1.82) is 0 Å². The molecule has 168 valence electrons. The number of anilines is 1. The van der Waals surface area contributed by atoms with Gasteiger partial charge in [-0.05, 0) is 38.1 Å². The summed E-state index contributed by atoms with van der Waals surface area (Å²) >= 11 is 0. The first-order valence-electron chi connectivity index (χ1n) is 9.89. The third-order valence-corrected chi connectivity index (χ3v) is 4.63. The highest BCUT2D eigenvalue weighted by Crippen LogP contribution is 2.32. The van der Waals surface area contributed by atoms with Crippen LogP contribution in [0.4, 0.5) is 5.69 Å². The summed E-state index contributed by atoms with van der Waals surface area (Å²) in [5.41, 5.74) is 0.370. The van der Waals surface area contributed by atoms with E-state index in [0.717, 1.165) is 0 Å². The number of aromatic nitrogens is 1. The quantitative estimate of drug-likeness (QED) is 0.460. The van der Waals surface area contributed by atoms with Gasteiger partial charge in [0.05, 0.1) is 25.5 Å². The second-order valence-electron chi connectivity index (χ2n) is 7.67. The molecule has 0 radical (unpaired) electrons. The van der Waals surface area contributed by atoms with Gasteiger partial charge in [0.25, 0.3) is 0 Å². The van der Waals surface area contributed by atoms with Gasteiger partial charge >= 0.3 is 11.8 Å². The Kier molecular flexibility index (Phi) is 6.99. The number of nitrogens with zero attached hydrogens (tertiary/aromatic N) is 1. The number of hydrogen-bond donors (Lipinski definition) is 3. The number of benzene rings is 2. The van der Waals surface area contributed by atoms with Crippen LogP contribution in [0, 0.1) is 0 Å². The minimum absolute atomic E-state index is 0.109. The summed E-state index contributed by atoms with van der Waals surface area (Å²) in [6.45, 7) is 3.87. The Hall–Kier alpha value is -4.01. The Bertz CT molecular complexity index is 1080. The first-order valence-corrected chi connectivity index (χ1v) is 9.89. The molecule has 3 aromatic rings. The molecule has 0 bridgehead atoms. The van der Waals surface area contributed by atoms with Crippen LogP contribution in [0.15, 0.2) is 59.5 Å².